The largest absolute Gasteiger partial charge is 0.489 e. The van der Waals surface area contributed by atoms with E-state index in [1.54, 1.807) is 18.2 Å². The normalized spacial score (nSPS) is 10.6. The maximum Gasteiger partial charge on any atom is 0.298 e. The standard InChI is InChI=1S/C16H20N2O4/c1-2-3-4-5-8-21-14-12-7-6-11(17)9-13(12)18-16(20)15(14)22-10-19/h6-7,9-10H,2-5,8,17H2,1H3,(H,18,20). The Hall–Kier alpha value is -2.50. The highest BCUT2D eigenvalue weighted by molar-refractivity contribution is 5.89. The van der Waals surface area contributed by atoms with Gasteiger partial charge in [-0.15, -0.1) is 0 Å². The number of H-pyrrole nitrogens is 1. The fourth-order valence-corrected chi connectivity index (χ4v) is 2.27. The second kappa shape index (κ2) is 7.49. The third-order valence-corrected chi connectivity index (χ3v) is 3.36. The second-order valence-corrected chi connectivity index (χ2v) is 5.04. The topological polar surface area (TPSA) is 94.4 Å². The zero-order valence-corrected chi connectivity index (χ0v) is 12.6. The lowest BCUT2D eigenvalue weighted by atomic mass is 10.1. The highest BCUT2D eigenvalue weighted by Gasteiger charge is 2.16. The van der Waals surface area contributed by atoms with Gasteiger partial charge in [0.1, 0.15) is 0 Å². The molecule has 2 aromatic rings. The van der Waals surface area contributed by atoms with Crippen LogP contribution in [0.3, 0.4) is 0 Å². The van der Waals surface area contributed by atoms with Crippen LogP contribution in [0, 0.1) is 0 Å². The van der Waals surface area contributed by atoms with Crippen LogP contribution in [0.4, 0.5) is 5.69 Å². The van der Waals surface area contributed by atoms with Crippen molar-refractivity contribution in [2.24, 2.45) is 0 Å². The molecule has 3 N–H and O–H groups in total. The molecule has 0 aliphatic heterocycles. The number of hydrogen-bond acceptors (Lipinski definition) is 5. The van der Waals surface area contributed by atoms with E-state index in [1.165, 1.54) is 0 Å². The quantitative estimate of drug-likeness (QED) is 0.444. The van der Waals surface area contributed by atoms with Crippen molar-refractivity contribution < 1.29 is 14.3 Å². The predicted octanol–water partition coefficient (Wildman–Crippen LogP) is 2.60. The van der Waals surface area contributed by atoms with Crippen LogP contribution < -0.4 is 20.8 Å². The average Bonchev–Trinajstić information content (AvgIpc) is 2.49. The lowest BCUT2D eigenvalue weighted by Gasteiger charge is -2.12. The number of nitrogen functional groups attached to an aromatic ring is 1. The number of carbonyl (C=O) groups is 1. The number of aromatic amines is 1. The van der Waals surface area contributed by atoms with Crippen LogP contribution >= 0.6 is 0 Å². The number of aromatic nitrogens is 1. The van der Waals surface area contributed by atoms with Gasteiger partial charge in [0.15, 0.2) is 5.75 Å². The van der Waals surface area contributed by atoms with Gasteiger partial charge in [0.2, 0.25) is 5.75 Å². The van der Waals surface area contributed by atoms with Crippen molar-refractivity contribution in [2.45, 2.75) is 32.6 Å². The molecular formula is C16H20N2O4. The molecule has 0 fully saturated rings. The summed E-state index contributed by atoms with van der Waals surface area (Å²) < 4.78 is 10.5. The monoisotopic (exact) mass is 304 g/mol. The molecule has 6 nitrogen and oxygen atoms in total. The lowest BCUT2D eigenvalue weighted by molar-refractivity contribution is -0.120. The Kier molecular flexibility index (Phi) is 5.41. The summed E-state index contributed by atoms with van der Waals surface area (Å²) in [6.07, 6.45) is 4.19. The molecule has 1 heterocycles. The van der Waals surface area contributed by atoms with Crippen LogP contribution in [0.15, 0.2) is 23.0 Å². The van der Waals surface area contributed by atoms with Crippen molar-refractivity contribution in [3.63, 3.8) is 0 Å². The number of anilines is 1. The summed E-state index contributed by atoms with van der Waals surface area (Å²) >= 11 is 0. The lowest BCUT2D eigenvalue weighted by Crippen LogP contribution is -2.13. The van der Waals surface area contributed by atoms with Gasteiger partial charge >= 0.3 is 0 Å². The molecule has 0 radical (unpaired) electrons. The Morgan fingerprint density at radius 3 is 2.77 bits per heavy atom. The first-order valence-corrected chi connectivity index (χ1v) is 7.36. The zero-order valence-electron chi connectivity index (χ0n) is 12.6. The SMILES string of the molecule is CCCCCCOc1c(OC=O)c(=O)[nH]c2cc(N)ccc12. The number of hydrogen-bond donors (Lipinski definition) is 2. The summed E-state index contributed by atoms with van der Waals surface area (Å²) in [6, 6.07) is 5.08. The van der Waals surface area contributed by atoms with Crippen molar-refractivity contribution in [2.75, 3.05) is 12.3 Å². The van der Waals surface area contributed by atoms with E-state index in [2.05, 4.69) is 11.9 Å². The van der Waals surface area contributed by atoms with Gasteiger partial charge in [-0.05, 0) is 24.6 Å². The molecule has 2 rings (SSSR count). The van der Waals surface area contributed by atoms with Gasteiger partial charge in [-0.1, -0.05) is 26.2 Å². The fraction of sp³-hybridized carbons (Fsp3) is 0.375. The number of benzene rings is 1. The van der Waals surface area contributed by atoms with Crippen LogP contribution in [0.25, 0.3) is 10.9 Å². The Labute approximate surface area is 128 Å². The van der Waals surface area contributed by atoms with Crippen LogP contribution in [0.2, 0.25) is 0 Å². The number of pyridine rings is 1. The first kappa shape index (κ1) is 15.9. The third kappa shape index (κ3) is 3.58. The summed E-state index contributed by atoms with van der Waals surface area (Å²) in [6.45, 7) is 2.81. The van der Waals surface area contributed by atoms with Gasteiger partial charge in [-0.25, -0.2) is 0 Å². The molecule has 0 bridgehead atoms. The van der Waals surface area contributed by atoms with Crippen molar-refractivity contribution in [1.29, 1.82) is 0 Å². The van der Waals surface area contributed by atoms with Crippen molar-refractivity contribution in [3.05, 3.63) is 28.6 Å². The molecule has 22 heavy (non-hydrogen) atoms. The minimum atomic E-state index is -0.520. The highest BCUT2D eigenvalue weighted by atomic mass is 16.5. The fourth-order valence-electron chi connectivity index (χ4n) is 2.27. The number of rotatable bonds is 8. The molecule has 1 aromatic carbocycles. The third-order valence-electron chi connectivity index (χ3n) is 3.36. The zero-order chi connectivity index (χ0) is 15.9. The molecule has 0 spiro atoms. The van der Waals surface area contributed by atoms with Gasteiger partial charge in [-0.2, -0.15) is 0 Å². The first-order chi connectivity index (χ1) is 10.7. The van der Waals surface area contributed by atoms with E-state index >= 15 is 0 Å². The molecule has 6 heteroatoms. The Morgan fingerprint density at radius 2 is 2.05 bits per heavy atom. The van der Waals surface area contributed by atoms with Crippen LogP contribution in [-0.4, -0.2) is 18.1 Å². The predicted molar refractivity (Wildman–Crippen MR) is 85.3 cm³/mol. The van der Waals surface area contributed by atoms with E-state index in [4.69, 9.17) is 15.2 Å². The number of nitrogens with one attached hydrogen (secondary N) is 1. The summed E-state index contributed by atoms with van der Waals surface area (Å²) in [5.74, 6) is 0.158. The van der Waals surface area contributed by atoms with Gasteiger partial charge in [0.25, 0.3) is 12.0 Å². The smallest absolute Gasteiger partial charge is 0.298 e. The molecule has 0 amide bonds. The van der Waals surface area contributed by atoms with E-state index in [0.29, 0.717) is 23.2 Å². The number of carbonyl (C=O) groups excluding carboxylic acids is 1. The Balaban J connectivity index is 2.36. The van der Waals surface area contributed by atoms with Crippen molar-refractivity contribution in [1.82, 2.24) is 4.98 Å². The molecule has 0 atom stereocenters. The van der Waals surface area contributed by atoms with E-state index < -0.39 is 5.56 Å². The van der Waals surface area contributed by atoms with Crippen LogP contribution in [0.5, 0.6) is 11.5 Å². The molecule has 0 aliphatic carbocycles. The molecule has 0 saturated heterocycles. The van der Waals surface area contributed by atoms with Gasteiger partial charge in [0.05, 0.1) is 12.1 Å². The summed E-state index contributed by atoms with van der Waals surface area (Å²) in [5, 5.41) is 0.654. The van der Waals surface area contributed by atoms with Crippen LogP contribution in [-0.2, 0) is 4.79 Å². The van der Waals surface area contributed by atoms with Crippen molar-refractivity contribution in [3.8, 4) is 11.5 Å². The van der Waals surface area contributed by atoms with E-state index in [0.717, 1.165) is 25.7 Å². The van der Waals surface area contributed by atoms with E-state index in [1.807, 2.05) is 0 Å². The number of fused-ring (bicyclic) bond motifs is 1. The maximum absolute atomic E-state index is 12.0. The molecular weight excluding hydrogens is 284 g/mol. The Morgan fingerprint density at radius 1 is 1.23 bits per heavy atom. The van der Waals surface area contributed by atoms with Gasteiger partial charge < -0.3 is 20.2 Å². The second-order valence-electron chi connectivity index (χ2n) is 5.04. The first-order valence-electron chi connectivity index (χ1n) is 7.36. The molecule has 1 aromatic heterocycles. The number of ether oxygens (including phenoxy) is 2. The van der Waals surface area contributed by atoms with E-state index in [-0.39, 0.29) is 18.0 Å². The Bertz CT molecular complexity index is 709. The number of unbranched alkanes of at least 4 members (excludes halogenated alkanes) is 3. The maximum atomic E-state index is 12.0. The minimum Gasteiger partial charge on any atom is -0.489 e. The summed E-state index contributed by atoms with van der Waals surface area (Å²) in [5.41, 5.74) is 6.28. The van der Waals surface area contributed by atoms with Gasteiger partial charge in [0, 0.05) is 11.1 Å². The molecule has 0 unspecified atom stereocenters. The average molecular weight is 304 g/mol. The summed E-state index contributed by atoms with van der Waals surface area (Å²) in [7, 11) is 0. The minimum absolute atomic E-state index is 0.122. The molecule has 0 aliphatic rings. The van der Waals surface area contributed by atoms with Gasteiger partial charge in [-0.3, -0.25) is 9.59 Å². The van der Waals surface area contributed by atoms with Crippen molar-refractivity contribution >= 4 is 23.1 Å². The molecule has 0 saturated carbocycles. The molecule has 118 valence electrons. The van der Waals surface area contributed by atoms with E-state index in [9.17, 15) is 9.59 Å². The number of nitrogens with two attached hydrogens (primary N) is 1. The summed E-state index contributed by atoms with van der Waals surface area (Å²) in [4.78, 5) is 25.3. The van der Waals surface area contributed by atoms with Crippen LogP contribution in [0.1, 0.15) is 32.6 Å². The highest BCUT2D eigenvalue weighted by Crippen LogP contribution is 2.32.